The van der Waals surface area contributed by atoms with Crippen molar-refractivity contribution >= 4 is 0 Å². The van der Waals surface area contributed by atoms with Gasteiger partial charge >= 0.3 is 0 Å². The molecule has 1 aromatic carbocycles. The van der Waals surface area contributed by atoms with Gasteiger partial charge < -0.3 is 14.9 Å². The van der Waals surface area contributed by atoms with Crippen LogP contribution in [-0.2, 0) is 6.42 Å². The van der Waals surface area contributed by atoms with Gasteiger partial charge in [0.1, 0.15) is 0 Å². The molecule has 3 rings (SSSR count). The lowest BCUT2D eigenvalue weighted by Crippen LogP contribution is -2.51. The fourth-order valence-corrected chi connectivity index (χ4v) is 4.23. The Balaban J connectivity index is 1.58. The maximum absolute atomic E-state index is 11.3. The largest absolute Gasteiger partial charge is 0.390 e. The van der Waals surface area contributed by atoms with E-state index in [4.69, 9.17) is 0 Å². The van der Waals surface area contributed by atoms with E-state index in [1.807, 2.05) is 0 Å². The summed E-state index contributed by atoms with van der Waals surface area (Å²) in [7, 11) is 2.20. The first kappa shape index (κ1) is 16.9. The van der Waals surface area contributed by atoms with Crippen molar-refractivity contribution in [2.75, 3.05) is 39.8 Å². The zero-order valence-electron chi connectivity index (χ0n) is 14.6. The molecule has 2 atom stereocenters. The number of benzene rings is 1. The summed E-state index contributed by atoms with van der Waals surface area (Å²) in [5.74, 6) is 0.448. The van der Waals surface area contributed by atoms with Crippen molar-refractivity contribution in [3.05, 3.63) is 35.9 Å². The highest BCUT2D eigenvalue weighted by atomic mass is 16.3. The summed E-state index contributed by atoms with van der Waals surface area (Å²) in [5.41, 5.74) is 0.891. The maximum Gasteiger partial charge on any atom is 0.0691 e. The second kappa shape index (κ2) is 7.78. The van der Waals surface area contributed by atoms with E-state index >= 15 is 0 Å². The van der Waals surface area contributed by atoms with Gasteiger partial charge in [0.15, 0.2) is 0 Å². The molecule has 3 heteroatoms. The van der Waals surface area contributed by atoms with Crippen LogP contribution in [0.2, 0.25) is 0 Å². The molecule has 0 spiro atoms. The molecule has 1 saturated carbocycles. The third kappa shape index (κ3) is 4.56. The van der Waals surface area contributed by atoms with Crippen LogP contribution < -0.4 is 0 Å². The molecule has 1 aliphatic carbocycles. The quantitative estimate of drug-likeness (QED) is 0.905. The van der Waals surface area contributed by atoms with Crippen LogP contribution in [-0.4, -0.2) is 60.3 Å². The molecule has 2 unspecified atom stereocenters. The van der Waals surface area contributed by atoms with E-state index in [0.717, 1.165) is 52.0 Å². The van der Waals surface area contributed by atoms with E-state index in [-0.39, 0.29) is 0 Å². The Bertz CT molecular complexity index is 470. The number of hydrogen-bond donors (Lipinski definition) is 1. The fourth-order valence-electron chi connectivity index (χ4n) is 4.23. The molecule has 2 fully saturated rings. The van der Waals surface area contributed by atoms with Gasteiger partial charge in [0.05, 0.1) is 5.60 Å². The molecule has 128 valence electrons. The SMILES string of the molecule is CN1CCN(CC2CCCCC2(O)CCc2ccccc2)CC1. The Labute approximate surface area is 141 Å². The highest BCUT2D eigenvalue weighted by Crippen LogP contribution is 2.37. The minimum Gasteiger partial charge on any atom is -0.390 e. The first-order chi connectivity index (χ1) is 11.2. The summed E-state index contributed by atoms with van der Waals surface area (Å²) < 4.78 is 0. The molecule has 0 amide bonds. The summed E-state index contributed by atoms with van der Waals surface area (Å²) in [5, 5.41) is 11.3. The molecule has 0 radical (unpaired) electrons. The van der Waals surface area contributed by atoms with Crippen molar-refractivity contribution < 1.29 is 5.11 Å². The molecule has 1 aromatic rings. The molecule has 2 aliphatic rings. The second-order valence-electron chi connectivity index (χ2n) is 7.64. The van der Waals surface area contributed by atoms with Gasteiger partial charge in [-0.1, -0.05) is 43.2 Å². The lowest BCUT2D eigenvalue weighted by molar-refractivity contribution is -0.0681. The summed E-state index contributed by atoms with van der Waals surface area (Å²) in [6.07, 6.45) is 6.55. The lowest BCUT2D eigenvalue weighted by Gasteiger charge is -2.44. The summed E-state index contributed by atoms with van der Waals surface area (Å²) in [4.78, 5) is 4.97. The van der Waals surface area contributed by atoms with E-state index in [1.165, 1.54) is 24.8 Å². The molecule has 1 aliphatic heterocycles. The van der Waals surface area contributed by atoms with E-state index in [9.17, 15) is 5.11 Å². The Kier molecular flexibility index (Phi) is 5.73. The smallest absolute Gasteiger partial charge is 0.0691 e. The topological polar surface area (TPSA) is 26.7 Å². The van der Waals surface area contributed by atoms with Gasteiger partial charge in [-0.15, -0.1) is 0 Å². The van der Waals surface area contributed by atoms with Gasteiger partial charge in [0.25, 0.3) is 0 Å². The van der Waals surface area contributed by atoms with Gasteiger partial charge in [0.2, 0.25) is 0 Å². The number of piperazine rings is 1. The molecule has 23 heavy (non-hydrogen) atoms. The normalized spacial score (nSPS) is 30.4. The minimum absolute atomic E-state index is 0.448. The Hall–Kier alpha value is -0.900. The van der Waals surface area contributed by atoms with E-state index in [0.29, 0.717) is 5.92 Å². The van der Waals surface area contributed by atoms with Gasteiger partial charge in [-0.25, -0.2) is 0 Å². The van der Waals surface area contributed by atoms with Crippen molar-refractivity contribution in [3.8, 4) is 0 Å². The number of likely N-dealkylation sites (N-methyl/N-ethyl adjacent to an activating group) is 1. The molecule has 3 nitrogen and oxygen atoms in total. The van der Waals surface area contributed by atoms with E-state index < -0.39 is 5.60 Å². The minimum atomic E-state index is -0.461. The molecular weight excluding hydrogens is 284 g/mol. The van der Waals surface area contributed by atoms with Crippen LogP contribution in [0.5, 0.6) is 0 Å². The Morgan fingerprint density at radius 1 is 1.09 bits per heavy atom. The molecule has 0 aromatic heterocycles. The van der Waals surface area contributed by atoms with Gasteiger partial charge in [-0.2, -0.15) is 0 Å². The zero-order valence-corrected chi connectivity index (χ0v) is 14.6. The average molecular weight is 316 g/mol. The molecule has 1 heterocycles. The van der Waals surface area contributed by atoms with E-state index in [1.54, 1.807) is 0 Å². The predicted molar refractivity (Wildman–Crippen MR) is 95.6 cm³/mol. The zero-order chi connectivity index (χ0) is 16.1. The van der Waals surface area contributed by atoms with Gasteiger partial charge in [-0.3, -0.25) is 0 Å². The molecule has 0 bridgehead atoms. The van der Waals surface area contributed by atoms with Crippen LogP contribution >= 0.6 is 0 Å². The van der Waals surface area contributed by atoms with Crippen molar-refractivity contribution in [2.45, 2.75) is 44.1 Å². The summed E-state index contributed by atoms with van der Waals surface area (Å²) >= 11 is 0. The number of hydrogen-bond acceptors (Lipinski definition) is 3. The third-order valence-electron chi connectivity index (χ3n) is 5.94. The lowest BCUT2D eigenvalue weighted by atomic mass is 9.72. The first-order valence-corrected chi connectivity index (χ1v) is 9.33. The van der Waals surface area contributed by atoms with Crippen molar-refractivity contribution in [1.82, 2.24) is 9.80 Å². The second-order valence-corrected chi connectivity index (χ2v) is 7.64. The van der Waals surface area contributed by atoms with Crippen molar-refractivity contribution in [2.24, 2.45) is 5.92 Å². The van der Waals surface area contributed by atoms with Crippen LogP contribution in [0.15, 0.2) is 30.3 Å². The predicted octanol–water partition coefficient (Wildman–Crippen LogP) is 2.79. The van der Waals surface area contributed by atoms with Crippen LogP contribution in [0.25, 0.3) is 0 Å². The highest BCUT2D eigenvalue weighted by molar-refractivity contribution is 5.15. The number of nitrogens with zero attached hydrogens (tertiary/aromatic N) is 2. The standard InChI is InChI=1S/C20H32N2O/c1-21-13-15-22(16-14-21)17-19-9-5-6-11-20(19,23)12-10-18-7-3-2-4-8-18/h2-4,7-8,19,23H,5-6,9-17H2,1H3. The maximum atomic E-state index is 11.3. The Morgan fingerprint density at radius 3 is 2.57 bits per heavy atom. The fraction of sp³-hybridized carbons (Fsp3) is 0.700. The molecular formula is C20H32N2O. The van der Waals surface area contributed by atoms with Crippen molar-refractivity contribution in [1.29, 1.82) is 0 Å². The Morgan fingerprint density at radius 2 is 1.83 bits per heavy atom. The first-order valence-electron chi connectivity index (χ1n) is 9.33. The van der Waals surface area contributed by atoms with Gasteiger partial charge in [-0.05, 0) is 38.3 Å². The molecule has 1 N–H and O–H groups in total. The van der Waals surface area contributed by atoms with Crippen LogP contribution in [0, 0.1) is 5.92 Å². The number of aliphatic hydroxyl groups is 1. The number of aryl methyl sites for hydroxylation is 1. The van der Waals surface area contributed by atoms with Crippen LogP contribution in [0.4, 0.5) is 0 Å². The highest BCUT2D eigenvalue weighted by Gasteiger charge is 2.39. The summed E-state index contributed by atoms with van der Waals surface area (Å²) in [6, 6.07) is 10.6. The monoisotopic (exact) mass is 316 g/mol. The number of rotatable bonds is 5. The van der Waals surface area contributed by atoms with Crippen molar-refractivity contribution in [3.63, 3.8) is 0 Å². The van der Waals surface area contributed by atoms with Crippen LogP contribution in [0.1, 0.15) is 37.7 Å². The average Bonchev–Trinajstić information content (AvgIpc) is 2.58. The van der Waals surface area contributed by atoms with Gasteiger partial charge in [0, 0.05) is 38.6 Å². The molecule has 1 saturated heterocycles. The van der Waals surface area contributed by atoms with Crippen LogP contribution in [0.3, 0.4) is 0 Å². The third-order valence-corrected chi connectivity index (χ3v) is 5.94. The van der Waals surface area contributed by atoms with E-state index in [2.05, 4.69) is 47.2 Å². The summed E-state index contributed by atoms with van der Waals surface area (Å²) in [6.45, 7) is 5.72.